The van der Waals surface area contributed by atoms with Crippen LogP contribution in [0.4, 0.5) is 5.69 Å². The molecule has 10 heteroatoms. The topological polar surface area (TPSA) is 165 Å². The van der Waals surface area contributed by atoms with Crippen LogP contribution in [0.3, 0.4) is 0 Å². The molecule has 3 aliphatic rings. The number of likely N-dealkylation sites (N-methyl/N-ethyl adjacent to an activating group) is 1. The molecule has 0 saturated heterocycles. The molecule has 1 fully saturated rings. The molecule has 1 saturated carbocycles. The lowest BCUT2D eigenvalue weighted by Gasteiger charge is -2.50. The number of aliphatic hydroxyl groups is 3. The molecule has 0 amide bonds. The van der Waals surface area contributed by atoms with Gasteiger partial charge in [-0.25, -0.2) is 0 Å². The average Bonchev–Trinajstić information content (AvgIpc) is 2.75. The molecule has 0 aromatic heterocycles. The van der Waals surface area contributed by atoms with Crippen molar-refractivity contribution in [3.05, 3.63) is 39.7 Å². The van der Waals surface area contributed by atoms with Gasteiger partial charge in [-0.15, -0.1) is 0 Å². The molecule has 0 spiro atoms. The largest absolute Gasteiger partial charge is 0.508 e. The maximum Gasteiger partial charge on any atom is 0.202 e. The first kappa shape index (κ1) is 24.9. The summed E-state index contributed by atoms with van der Waals surface area (Å²) in [6, 6.07) is 0.693. The van der Waals surface area contributed by atoms with Gasteiger partial charge in [0.15, 0.2) is 17.2 Å². The van der Waals surface area contributed by atoms with Gasteiger partial charge in [-0.3, -0.25) is 19.3 Å². The van der Waals surface area contributed by atoms with Crippen LogP contribution >= 0.6 is 0 Å². The Kier molecular flexibility index (Phi) is 5.82. The normalized spacial score (nSPS) is 28.2. The average molecular weight is 486 g/mol. The minimum Gasteiger partial charge on any atom is -0.508 e. The van der Waals surface area contributed by atoms with Crippen LogP contribution < -0.4 is 10.6 Å². The Hall–Kier alpha value is -3.21. The van der Waals surface area contributed by atoms with Gasteiger partial charge in [0.2, 0.25) is 5.78 Å². The summed E-state index contributed by atoms with van der Waals surface area (Å²) in [6.45, 7) is 1.07. The van der Waals surface area contributed by atoms with Crippen LogP contribution in [0.5, 0.6) is 5.75 Å². The Morgan fingerprint density at radius 3 is 2.31 bits per heavy atom. The fraction of sp³-hybridized carbons (Fsp3) is 0.480. The van der Waals surface area contributed by atoms with Crippen molar-refractivity contribution in [2.24, 2.45) is 17.6 Å². The van der Waals surface area contributed by atoms with Gasteiger partial charge in [-0.2, -0.15) is 0 Å². The standard InChI is InChI=1S/C25H31N3O7/c1-10(29)16-22(32)19(28(4)5)14-7-11-6-13-15(27(2)3)8-12(9-26)20(30)18(13)21(31)17(11)24(34)25(14,35)23(16)33/h8,11,14,19,30-31,33,35H,6-7,9,26H2,1-5H3/t11?,14?,19-,25+/m0/s1. The first-order valence-corrected chi connectivity index (χ1v) is 11.4. The smallest absolute Gasteiger partial charge is 0.202 e. The van der Waals surface area contributed by atoms with Crippen LogP contribution in [0.2, 0.25) is 0 Å². The molecule has 4 atom stereocenters. The van der Waals surface area contributed by atoms with Gasteiger partial charge in [-0.1, -0.05) is 0 Å². The van der Waals surface area contributed by atoms with E-state index in [9.17, 15) is 34.8 Å². The zero-order valence-corrected chi connectivity index (χ0v) is 20.4. The number of aliphatic hydroxyl groups excluding tert-OH is 2. The maximum absolute atomic E-state index is 13.9. The molecular weight excluding hydrogens is 454 g/mol. The molecule has 3 aliphatic carbocycles. The molecule has 4 rings (SSSR count). The van der Waals surface area contributed by atoms with Crippen LogP contribution in [0.15, 0.2) is 23.0 Å². The molecule has 188 valence electrons. The van der Waals surface area contributed by atoms with E-state index in [1.807, 2.05) is 19.0 Å². The van der Waals surface area contributed by atoms with Crippen LogP contribution in [-0.2, 0) is 27.3 Å². The Labute approximate surface area is 202 Å². The summed E-state index contributed by atoms with van der Waals surface area (Å²) >= 11 is 0. The molecule has 6 N–H and O–H groups in total. The predicted molar refractivity (Wildman–Crippen MR) is 128 cm³/mol. The number of anilines is 1. The van der Waals surface area contributed by atoms with Crippen molar-refractivity contribution >= 4 is 28.8 Å². The van der Waals surface area contributed by atoms with Gasteiger partial charge in [-0.05, 0) is 51.4 Å². The van der Waals surface area contributed by atoms with Crippen LogP contribution in [0.25, 0.3) is 5.76 Å². The maximum atomic E-state index is 13.9. The number of fused-ring (bicyclic) bond motifs is 3. The number of nitrogens with zero attached hydrogens (tertiary/aromatic N) is 2. The van der Waals surface area contributed by atoms with E-state index < -0.39 is 57.9 Å². The van der Waals surface area contributed by atoms with Crippen molar-refractivity contribution in [3.63, 3.8) is 0 Å². The zero-order valence-electron chi connectivity index (χ0n) is 20.4. The molecule has 0 bridgehead atoms. The number of carbonyl (C=O) groups is 3. The summed E-state index contributed by atoms with van der Waals surface area (Å²) in [6.07, 6.45) is 0.328. The fourth-order valence-corrected chi connectivity index (χ4v) is 6.00. The first-order chi connectivity index (χ1) is 16.3. The fourth-order valence-electron chi connectivity index (χ4n) is 6.00. The summed E-state index contributed by atoms with van der Waals surface area (Å²) in [5.74, 6) is -5.80. The van der Waals surface area contributed by atoms with Gasteiger partial charge in [0.05, 0.1) is 11.6 Å². The van der Waals surface area contributed by atoms with Crippen LogP contribution in [0.1, 0.15) is 30.0 Å². The van der Waals surface area contributed by atoms with Crippen molar-refractivity contribution in [2.75, 3.05) is 33.1 Å². The number of rotatable bonds is 4. The van der Waals surface area contributed by atoms with E-state index in [1.165, 1.54) is 4.90 Å². The third kappa shape index (κ3) is 3.24. The first-order valence-electron chi connectivity index (χ1n) is 11.4. The Morgan fingerprint density at radius 1 is 1.17 bits per heavy atom. The monoisotopic (exact) mass is 485 g/mol. The van der Waals surface area contributed by atoms with Gasteiger partial charge in [0, 0.05) is 43.4 Å². The van der Waals surface area contributed by atoms with Crippen molar-refractivity contribution in [1.82, 2.24) is 4.90 Å². The van der Waals surface area contributed by atoms with Crippen LogP contribution in [-0.4, -0.2) is 82.5 Å². The molecule has 0 heterocycles. The number of carbonyl (C=O) groups excluding carboxylic acids is 3. The highest BCUT2D eigenvalue weighted by Gasteiger charge is 2.64. The number of aromatic hydroxyl groups is 1. The van der Waals surface area contributed by atoms with Crippen molar-refractivity contribution in [1.29, 1.82) is 0 Å². The van der Waals surface area contributed by atoms with E-state index in [0.717, 1.165) is 6.92 Å². The number of phenols is 1. The minimum atomic E-state index is -2.58. The van der Waals surface area contributed by atoms with E-state index in [1.54, 1.807) is 20.2 Å². The highest BCUT2D eigenvalue weighted by atomic mass is 16.3. The van der Waals surface area contributed by atoms with Gasteiger partial charge >= 0.3 is 0 Å². The van der Waals surface area contributed by atoms with Crippen molar-refractivity contribution in [3.8, 4) is 5.75 Å². The van der Waals surface area contributed by atoms with E-state index in [-0.39, 0.29) is 36.3 Å². The highest BCUT2D eigenvalue weighted by molar-refractivity contribution is 6.25. The van der Waals surface area contributed by atoms with Gasteiger partial charge in [0.1, 0.15) is 22.8 Å². The quantitative estimate of drug-likeness (QED) is 0.381. The Morgan fingerprint density at radius 2 is 1.80 bits per heavy atom. The van der Waals surface area contributed by atoms with E-state index in [4.69, 9.17) is 5.73 Å². The number of ketones is 3. The molecule has 0 aliphatic heterocycles. The molecule has 1 aromatic rings. The molecule has 2 unspecified atom stereocenters. The summed E-state index contributed by atoms with van der Waals surface area (Å²) in [5, 5.41) is 44.8. The molecule has 0 radical (unpaired) electrons. The highest BCUT2D eigenvalue weighted by Crippen LogP contribution is 2.54. The second-order valence-corrected chi connectivity index (χ2v) is 10.0. The second kappa shape index (κ2) is 8.18. The van der Waals surface area contributed by atoms with Crippen LogP contribution in [0, 0.1) is 11.8 Å². The predicted octanol–water partition coefficient (Wildman–Crippen LogP) is 0.592. The zero-order chi connectivity index (χ0) is 26.1. The number of Topliss-reactive ketones (excluding diaryl/α,β-unsaturated/α-hetero) is 3. The minimum absolute atomic E-state index is 0.00984. The lowest BCUT2D eigenvalue weighted by Crippen LogP contribution is -2.65. The van der Waals surface area contributed by atoms with Crippen molar-refractivity contribution < 1.29 is 34.8 Å². The van der Waals surface area contributed by atoms with Gasteiger partial charge < -0.3 is 31.1 Å². The van der Waals surface area contributed by atoms with E-state index >= 15 is 0 Å². The number of nitrogens with two attached hydrogens (primary N) is 1. The number of benzene rings is 1. The number of hydrogen-bond acceptors (Lipinski definition) is 10. The molecule has 10 nitrogen and oxygen atoms in total. The molecule has 35 heavy (non-hydrogen) atoms. The summed E-state index contributed by atoms with van der Waals surface area (Å²) in [7, 11) is 6.82. The molecular formula is C25H31N3O7. The van der Waals surface area contributed by atoms with E-state index in [2.05, 4.69) is 0 Å². The lowest BCUT2D eigenvalue weighted by molar-refractivity contribution is -0.153. The second-order valence-electron chi connectivity index (χ2n) is 10.0. The number of hydrogen-bond donors (Lipinski definition) is 5. The third-order valence-corrected chi connectivity index (χ3v) is 7.58. The van der Waals surface area contributed by atoms with Gasteiger partial charge in [0.25, 0.3) is 0 Å². The van der Waals surface area contributed by atoms with E-state index in [0.29, 0.717) is 16.8 Å². The Bertz CT molecular complexity index is 1230. The summed E-state index contributed by atoms with van der Waals surface area (Å²) < 4.78 is 0. The van der Waals surface area contributed by atoms with Crippen molar-refractivity contribution in [2.45, 2.75) is 38.0 Å². The Balaban J connectivity index is 2.01. The lowest BCUT2D eigenvalue weighted by atomic mass is 9.57. The summed E-state index contributed by atoms with van der Waals surface area (Å²) in [4.78, 5) is 42.6. The number of phenolic OH excluding ortho intramolecular Hbond substituents is 1. The SMILES string of the molecule is CC(=O)C1=C(O)[C@@]2(O)C(=O)C3=C(O)c4c(O)c(CN)cc(N(C)C)c4CC3CC2[C@H](N(C)C)C1=O. The summed E-state index contributed by atoms with van der Waals surface area (Å²) in [5.41, 5.74) is 4.21. The molecule has 1 aromatic carbocycles. The third-order valence-electron chi connectivity index (χ3n) is 7.58.